The van der Waals surface area contributed by atoms with E-state index in [1.807, 2.05) is 26.8 Å². The van der Waals surface area contributed by atoms with Crippen LogP contribution >= 0.6 is 0 Å². The number of rotatable bonds is 0. The number of carbonyl (C=O) groups excluding carboxylic acids is 1. The van der Waals surface area contributed by atoms with E-state index in [0.717, 1.165) is 24.0 Å². The molecule has 0 saturated carbocycles. The number of aliphatic hydroxyl groups is 2. The van der Waals surface area contributed by atoms with Crippen LogP contribution in [0.3, 0.4) is 0 Å². The maximum absolute atomic E-state index is 12.1. The zero-order valence-corrected chi connectivity index (χ0v) is 15.0. The molecular weight excluding hydrogens is 304 g/mol. The Bertz CT molecular complexity index is 546. The van der Waals surface area contributed by atoms with Gasteiger partial charge in [-0.1, -0.05) is 36.8 Å². The molecule has 0 spiro atoms. The molecular formula is C20H30O4. The van der Waals surface area contributed by atoms with Crippen LogP contribution in [0.2, 0.25) is 0 Å². The van der Waals surface area contributed by atoms with Crippen LogP contribution in [0.15, 0.2) is 35.5 Å². The summed E-state index contributed by atoms with van der Waals surface area (Å²) in [6, 6.07) is 0. The molecule has 1 fully saturated rings. The lowest BCUT2D eigenvalue weighted by molar-refractivity contribution is -0.155. The van der Waals surface area contributed by atoms with E-state index in [-0.39, 0.29) is 17.9 Å². The second kappa shape index (κ2) is 8.13. The van der Waals surface area contributed by atoms with Crippen LogP contribution in [0.25, 0.3) is 0 Å². The van der Waals surface area contributed by atoms with E-state index in [1.54, 1.807) is 0 Å². The Balaban J connectivity index is 2.26. The highest BCUT2D eigenvalue weighted by atomic mass is 16.5. The number of carbonyl (C=O) groups is 1. The molecule has 5 atom stereocenters. The van der Waals surface area contributed by atoms with Crippen LogP contribution in [-0.4, -0.2) is 34.5 Å². The molecule has 0 radical (unpaired) electrons. The molecule has 4 heteroatoms. The number of hydrogen-bond donors (Lipinski definition) is 2. The van der Waals surface area contributed by atoms with Gasteiger partial charge in [0, 0.05) is 11.5 Å². The molecule has 0 unspecified atom stereocenters. The summed E-state index contributed by atoms with van der Waals surface area (Å²) in [7, 11) is 0. The van der Waals surface area contributed by atoms with Crippen molar-refractivity contribution in [3.63, 3.8) is 0 Å². The Labute approximate surface area is 144 Å². The number of fused-ring (bicyclic) bond motifs is 2. The predicted octanol–water partition coefficient (Wildman–Crippen LogP) is 3.30. The molecule has 0 aromatic carbocycles. The average Bonchev–Trinajstić information content (AvgIpc) is 2.48. The van der Waals surface area contributed by atoms with Gasteiger partial charge >= 0.3 is 5.97 Å². The molecule has 1 aliphatic carbocycles. The molecule has 2 aliphatic rings. The van der Waals surface area contributed by atoms with Crippen molar-refractivity contribution in [2.75, 3.05) is 0 Å². The van der Waals surface area contributed by atoms with Crippen LogP contribution in [0.1, 0.15) is 52.9 Å². The largest absolute Gasteiger partial charge is 0.459 e. The second-order valence-corrected chi connectivity index (χ2v) is 7.47. The Kier molecular flexibility index (Phi) is 6.41. The van der Waals surface area contributed by atoms with Crippen LogP contribution < -0.4 is 0 Å². The summed E-state index contributed by atoms with van der Waals surface area (Å²) in [4.78, 5) is 12.1. The van der Waals surface area contributed by atoms with Gasteiger partial charge in [0.2, 0.25) is 0 Å². The minimum atomic E-state index is -0.624. The molecule has 2 bridgehead atoms. The topological polar surface area (TPSA) is 66.8 Å². The Morgan fingerprint density at radius 3 is 2.62 bits per heavy atom. The van der Waals surface area contributed by atoms with Crippen molar-refractivity contribution in [2.45, 2.75) is 71.2 Å². The number of ether oxygens (including phenoxy) is 1. The lowest BCUT2D eigenvalue weighted by Gasteiger charge is -2.36. The highest BCUT2D eigenvalue weighted by molar-refractivity contribution is 5.89. The van der Waals surface area contributed by atoms with Gasteiger partial charge in [-0.2, -0.15) is 0 Å². The summed E-state index contributed by atoms with van der Waals surface area (Å²) in [5, 5.41) is 20.9. The zero-order chi connectivity index (χ0) is 17.9. The van der Waals surface area contributed by atoms with E-state index < -0.39 is 18.2 Å². The Hall–Kier alpha value is -1.39. The van der Waals surface area contributed by atoms with Crippen molar-refractivity contribution in [3.05, 3.63) is 35.5 Å². The van der Waals surface area contributed by atoms with Gasteiger partial charge in [0.25, 0.3) is 0 Å². The van der Waals surface area contributed by atoms with Gasteiger partial charge in [0.15, 0.2) is 0 Å². The average molecular weight is 334 g/mol. The van der Waals surface area contributed by atoms with Gasteiger partial charge in [0.1, 0.15) is 6.10 Å². The van der Waals surface area contributed by atoms with E-state index in [0.29, 0.717) is 24.8 Å². The standard InChI is InChI=1S/C20H30O4/c1-12-6-5-7-13(2)9-18(22)17-11-19(24-20(23)15(17)4)14(3)10-16(21)8-12/h7-8,14,16-19,21-22H,4-6,9-11H2,1-3H3/b12-8-,13-7-/t14-,16-,17-,18+,19+/m1/s1. The monoisotopic (exact) mass is 334 g/mol. The van der Waals surface area contributed by atoms with Gasteiger partial charge in [-0.05, 0) is 51.9 Å². The molecule has 0 aromatic heterocycles. The van der Waals surface area contributed by atoms with Crippen molar-refractivity contribution in [3.8, 4) is 0 Å². The molecule has 1 heterocycles. The summed E-state index contributed by atoms with van der Waals surface area (Å²) in [5.74, 6) is -0.674. The lowest BCUT2D eigenvalue weighted by Crippen LogP contribution is -2.40. The fourth-order valence-electron chi connectivity index (χ4n) is 3.66. The minimum Gasteiger partial charge on any atom is -0.459 e. The van der Waals surface area contributed by atoms with Crippen LogP contribution in [0.4, 0.5) is 0 Å². The van der Waals surface area contributed by atoms with Crippen LogP contribution in [0.5, 0.6) is 0 Å². The smallest absolute Gasteiger partial charge is 0.334 e. The SMILES string of the molecule is C=C1C(=O)O[C@H]2C[C@H]1[C@@H](O)C/C(C)=C\CC/C(C)=C\[C@@H](O)C[C@H]2C. The quantitative estimate of drug-likeness (QED) is 0.405. The number of esters is 1. The van der Waals surface area contributed by atoms with Crippen molar-refractivity contribution >= 4 is 5.97 Å². The summed E-state index contributed by atoms with van der Waals surface area (Å²) < 4.78 is 5.50. The van der Waals surface area contributed by atoms with Crippen molar-refractivity contribution in [1.29, 1.82) is 0 Å². The number of aliphatic hydroxyl groups excluding tert-OH is 2. The third kappa shape index (κ3) is 4.81. The minimum absolute atomic E-state index is 0.0235. The number of hydrogen-bond acceptors (Lipinski definition) is 4. The molecule has 2 rings (SSSR count). The zero-order valence-electron chi connectivity index (χ0n) is 15.0. The molecule has 0 aromatic rings. The first-order valence-corrected chi connectivity index (χ1v) is 8.86. The fourth-order valence-corrected chi connectivity index (χ4v) is 3.66. The third-order valence-electron chi connectivity index (χ3n) is 5.21. The second-order valence-electron chi connectivity index (χ2n) is 7.47. The van der Waals surface area contributed by atoms with E-state index >= 15 is 0 Å². The lowest BCUT2D eigenvalue weighted by atomic mass is 9.80. The van der Waals surface area contributed by atoms with Gasteiger partial charge in [-0.15, -0.1) is 0 Å². The number of allylic oxidation sites excluding steroid dienone is 2. The summed E-state index contributed by atoms with van der Waals surface area (Å²) in [6.07, 6.45) is 6.01. The van der Waals surface area contributed by atoms with E-state index in [9.17, 15) is 15.0 Å². The Morgan fingerprint density at radius 1 is 1.21 bits per heavy atom. The van der Waals surface area contributed by atoms with E-state index in [1.165, 1.54) is 0 Å². The molecule has 4 nitrogen and oxygen atoms in total. The summed E-state index contributed by atoms with van der Waals surface area (Å²) >= 11 is 0. The normalized spacial score (nSPS) is 40.6. The highest BCUT2D eigenvalue weighted by Crippen LogP contribution is 2.34. The molecule has 1 saturated heterocycles. The first-order chi connectivity index (χ1) is 11.3. The fraction of sp³-hybridized carbons (Fsp3) is 0.650. The molecule has 134 valence electrons. The van der Waals surface area contributed by atoms with Gasteiger partial charge in [0.05, 0.1) is 12.2 Å². The molecule has 2 N–H and O–H groups in total. The Morgan fingerprint density at radius 2 is 1.92 bits per heavy atom. The first kappa shape index (κ1) is 18.9. The van der Waals surface area contributed by atoms with Gasteiger partial charge in [-0.3, -0.25) is 0 Å². The van der Waals surface area contributed by atoms with Crippen LogP contribution in [-0.2, 0) is 9.53 Å². The summed E-state index contributed by atoms with van der Waals surface area (Å²) in [5.41, 5.74) is 2.63. The molecule has 0 amide bonds. The van der Waals surface area contributed by atoms with E-state index in [4.69, 9.17) is 4.74 Å². The predicted molar refractivity (Wildman–Crippen MR) is 94.3 cm³/mol. The molecule has 1 aliphatic heterocycles. The van der Waals surface area contributed by atoms with Crippen molar-refractivity contribution < 1.29 is 19.7 Å². The van der Waals surface area contributed by atoms with Gasteiger partial charge < -0.3 is 14.9 Å². The van der Waals surface area contributed by atoms with Crippen molar-refractivity contribution in [2.24, 2.45) is 11.8 Å². The van der Waals surface area contributed by atoms with E-state index in [2.05, 4.69) is 12.7 Å². The van der Waals surface area contributed by atoms with Crippen molar-refractivity contribution in [1.82, 2.24) is 0 Å². The third-order valence-corrected chi connectivity index (χ3v) is 5.21. The molecule has 24 heavy (non-hydrogen) atoms. The maximum Gasteiger partial charge on any atom is 0.334 e. The summed E-state index contributed by atoms with van der Waals surface area (Å²) in [6.45, 7) is 9.85. The van der Waals surface area contributed by atoms with Crippen LogP contribution in [0, 0.1) is 11.8 Å². The highest BCUT2D eigenvalue weighted by Gasteiger charge is 2.38. The maximum atomic E-state index is 12.1. The van der Waals surface area contributed by atoms with Gasteiger partial charge in [-0.25, -0.2) is 4.79 Å². The first-order valence-electron chi connectivity index (χ1n) is 8.86.